The molecule has 0 spiro atoms. The molecule has 0 unspecified atom stereocenters. The zero-order chi connectivity index (χ0) is 27.6. The number of hydrogen-bond donors (Lipinski definition) is 4. The van der Waals surface area contributed by atoms with Crippen LogP contribution >= 0.6 is 23.1 Å². The van der Waals surface area contributed by atoms with Crippen molar-refractivity contribution in [2.24, 2.45) is 11.7 Å². The summed E-state index contributed by atoms with van der Waals surface area (Å²) in [5.74, 6) is -1.37. The average Bonchev–Trinajstić information content (AvgIpc) is 3.28. The summed E-state index contributed by atoms with van der Waals surface area (Å²) in [6.45, 7) is 8.96. The van der Waals surface area contributed by atoms with Crippen molar-refractivity contribution in [2.75, 3.05) is 10.6 Å². The molecular weight excluding hydrogens is 510 g/mol. The van der Waals surface area contributed by atoms with Gasteiger partial charge in [0.2, 0.25) is 0 Å². The van der Waals surface area contributed by atoms with Gasteiger partial charge in [0.15, 0.2) is 0 Å². The van der Waals surface area contributed by atoms with Gasteiger partial charge in [0.1, 0.15) is 16.6 Å². The Morgan fingerprint density at radius 3 is 2.05 bits per heavy atom. The molecule has 10 heteroatoms. The monoisotopic (exact) mass is 543 g/mol. The first kappa shape index (κ1) is 29.9. The fourth-order valence-corrected chi connectivity index (χ4v) is 4.29. The highest BCUT2D eigenvalue weighted by Crippen LogP contribution is 2.29. The van der Waals surface area contributed by atoms with Crippen LogP contribution in [0.1, 0.15) is 45.0 Å². The molecule has 37 heavy (non-hydrogen) atoms. The first-order chi connectivity index (χ1) is 17.4. The number of carboxylic acid groups (broad SMARTS) is 1. The summed E-state index contributed by atoms with van der Waals surface area (Å²) in [6.07, 6.45) is 0. The number of aliphatic carboxylic acids is 1. The number of carbonyl (C=O) groups is 3. The SMILES string of the molecule is CC(C)(C)OC(=O)c1ccsc1NC(=O)Nc1ccc(Sc2ccccc2)cc1.CC(C)[C@H](N)C(=O)O. The number of benzene rings is 2. The van der Waals surface area contributed by atoms with E-state index in [4.69, 9.17) is 15.6 Å². The fourth-order valence-electron chi connectivity index (χ4n) is 2.68. The Morgan fingerprint density at radius 1 is 0.946 bits per heavy atom. The van der Waals surface area contributed by atoms with Crippen LogP contribution in [-0.2, 0) is 9.53 Å². The van der Waals surface area contributed by atoms with Crippen molar-refractivity contribution < 1.29 is 24.2 Å². The number of ether oxygens (including phenoxy) is 1. The van der Waals surface area contributed by atoms with Gasteiger partial charge in [-0.1, -0.05) is 43.8 Å². The minimum absolute atomic E-state index is 0.0208. The molecule has 2 amide bonds. The number of esters is 1. The summed E-state index contributed by atoms with van der Waals surface area (Å²) in [4.78, 5) is 36.9. The van der Waals surface area contributed by atoms with Gasteiger partial charge in [-0.3, -0.25) is 10.1 Å². The molecule has 0 aliphatic carbocycles. The number of urea groups is 1. The molecule has 0 aliphatic rings. The van der Waals surface area contributed by atoms with Crippen LogP contribution in [0.2, 0.25) is 0 Å². The second kappa shape index (κ2) is 13.8. The quantitative estimate of drug-likeness (QED) is 0.248. The molecule has 3 aromatic rings. The molecule has 8 nitrogen and oxygen atoms in total. The van der Waals surface area contributed by atoms with E-state index < -0.39 is 29.6 Å². The van der Waals surface area contributed by atoms with Crippen molar-refractivity contribution in [1.29, 1.82) is 0 Å². The first-order valence-corrected chi connectivity index (χ1v) is 13.3. The van der Waals surface area contributed by atoms with Gasteiger partial charge in [0.05, 0.1) is 5.56 Å². The lowest BCUT2D eigenvalue weighted by Crippen LogP contribution is -2.34. The van der Waals surface area contributed by atoms with Gasteiger partial charge < -0.3 is 20.9 Å². The molecule has 0 fully saturated rings. The topological polar surface area (TPSA) is 131 Å². The predicted octanol–water partition coefficient (Wildman–Crippen LogP) is 6.55. The standard InChI is InChI=1S/C22H22N2O3S2.C5H11NO2/c1-22(2,3)27-20(25)18-13-14-28-19(18)24-21(26)23-15-9-11-17(12-10-15)29-16-7-5-4-6-8-16;1-3(2)4(6)5(7)8/h4-14H,1-3H3,(H2,23,24,26);3-4H,6H2,1-2H3,(H,7,8)/t;4-/m.0/s1. The molecule has 1 heterocycles. The van der Waals surface area contributed by atoms with E-state index in [0.717, 1.165) is 9.79 Å². The van der Waals surface area contributed by atoms with Crippen LogP contribution in [0, 0.1) is 5.92 Å². The largest absolute Gasteiger partial charge is 0.480 e. The van der Waals surface area contributed by atoms with Crippen LogP contribution in [0.3, 0.4) is 0 Å². The predicted molar refractivity (Wildman–Crippen MR) is 150 cm³/mol. The van der Waals surface area contributed by atoms with Crippen molar-refractivity contribution in [3.63, 3.8) is 0 Å². The van der Waals surface area contributed by atoms with E-state index in [1.165, 1.54) is 11.3 Å². The highest BCUT2D eigenvalue weighted by atomic mass is 32.2. The van der Waals surface area contributed by atoms with Gasteiger partial charge in [-0.05, 0) is 74.5 Å². The van der Waals surface area contributed by atoms with Crippen LogP contribution in [0.4, 0.5) is 15.5 Å². The van der Waals surface area contributed by atoms with E-state index in [1.54, 1.807) is 57.8 Å². The van der Waals surface area contributed by atoms with Crippen LogP contribution in [0.5, 0.6) is 0 Å². The van der Waals surface area contributed by atoms with E-state index in [-0.39, 0.29) is 5.92 Å². The number of anilines is 2. The molecule has 0 saturated carbocycles. The minimum Gasteiger partial charge on any atom is -0.480 e. The summed E-state index contributed by atoms with van der Waals surface area (Å²) in [7, 11) is 0. The molecule has 5 N–H and O–H groups in total. The number of carboxylic acids is 1. The molecule has 1 aromatic heterocycles. The Kier molecular flexibility index (Phi) is 11.2. The lowest BCUT2D eigenvalue weighted by Gasteiger charge is -2.19. The molecular formula is C27H33N3O5S2. The average molecular weight is 544 g/mol. The highest BCUT2D eigenvalue weighted by Gasteiger charge is 2.22. The number of thiophene rings is 1. The molecule has 1 atom stereocenters. The third kappa shape index (κ3) is 10.7. The normalized spacial score (nSPS) is 11.6. The highest BCUT2D eigenvalue weighted by molar-refractivity contribution is 7.99. The number of hydrogen-bond acceptors (Lipinski definition) is 7. The summed E-state index contributed by atoms with van der Waals surface area (Å²) in [5.41, 5.74) is 5.57. The number of nitrogens with two attached hydrogens (primary N) is 1. The Labute approximate surface area is 225 Å². The van der Waals surface area contributed by atoms with E-state index in [9.17, 15) is 14.4 Å². The molecule has 0 radical (unpaired) electrons. The van der Waals surface area contributed by atoms with E-state index >= 15 is 0 Å². The maximum Gasteiger partial charge on any atom is 0.341 e. The summed E-state index contributed by atoms with van der Waals surface area (Å²) < 4.78 is 5.38. The van der Waals surface area contributed by atoms with Crippen molar-refractivity contribution in [1.82, 2.24) is 0 Å². The molecule has 3 rings (SSSR count). The zero-order valence-electron chi connectivity index (χ0n) is 21.5. The van der Waals surface area contributed by atoms with Crippen molar-refractivity contribution in [2.45, 2.75) is 56.1 Å². The lowest BCUT2D eigenvalue weighted by atomic mass is 10.1. The van der Waals surface area contributed by atoms with E-state index in [1.807, 2.05) is 54.6 Å². The number of carbonyl (C=O) groups excluding carboxylic acids is 2. The second-order valence-corrected chi connectivity index (χ2v) is 11.4. The van der Waals surface area contributed by atoms with Crippen molar-refractivity contribution >= 4 is 51.8 Å². The summed E-state index contributed by atoms with van der Waals surface area (Å²) in [5, 5.41) is 15.9. The van der Waals surface area contributed by atoms with E-state index in [2.05, 4.69) is 10.6 Å². The van der Waals surface area contributed by atoms with Gasteiger partial charge in [-0.25, -0.2) is 9.59 Å². The molecule has 0 aliphatic heterocycles. The number of rotatable bonds is 7. The summed E-state index contributed by atoms with van der Waals surface area (Å²) in [6, 6.07) is 18.2. The molecule has 198 valence electrons. The second-order valence-electron chi connectivity index (χ2n) is 9.29. The van der Waals surface area contributed by atoms with Gasteiger partial charge in [-0.2, -0.15) is 0 Å². The van der Waals surface area contributed by atoms with Gasteiger partial charge in [-0.15, -0.1) is 11.3 Å². The van der Waals surface area contributed by atoms with Crippen LogP contribution < -0.4 is 16.4 Å². The summed E-state index contributed by atoms with van der Waals surface area (Å²) >= 11 is 2.92. The zero-order valence-corrected chi connectivity index (χ0v) is 23.1. The third-order valence-electron chi connectivity index (χ3n) is 4.61. The van der Waals surface area contributed by atoms with Gasteiger partial charge in [0.25, 0.3) is 0 Å². The Bertz CT molecular complexity index is 1170. The molecule has 0 saturated heterocycles. The number of amides is 2. The lowest BCUT2D eigenvalue weighted by molar-refractivity contribution is -0.139. The minimum atomic E-state index is -0.931. The maximum absolute atomic E-state index is 12.3. The molecule has 0 bridgehead atoms. The Morgan fingerprint density at radius 2 is 1.54 bits per heavy atom. The molecule has 2 aromatic carbocycles. The Balaban J connectivity index is 0.000000521. The third-order valence-corrected chi connectivity index (χ3v) is 6.45. The van der Waals surface area contributed by atoms with Crippen LogP contribution in [-0.4, -0.2) is 34.7 Å². The van der Waals surface area contributed by atoms with Crippen LogP contribution in [0.15, 0.2) is 75.8 Å². The van der Waals surface area contributed by atoms with Gasteiger partial charge in [0, 0.05) is 15.5 Å². The van der Waals surface area contributed by atoms with Crippen molar-refractivity contribution in [3.05, 3.63) is 71.6 Å². The van der Waals surface area contributed by atoms with Crippen LogP contribution in [0.25, 0.3) is 0 Å². The van der Waals surface area contributed by atoms with E-state index in [0.29, 0.717) is 16.3 Å². The maximum atomic E-state index is 12.3. The number of nitrogens with one attached hydrogen (secondary N) is 2. The fraction of sp³-hybridized carbons (Fsp3) is 0.296. The van der Waals surface area contributed by atoms with Crippen molar-refractivity contribution in [3.8, 4) is 0 Å². The smallest absolute Gasteiger partial charge is 0.341 e. The first-order valence-electron chi connectivity index (χ1n) is 11.6. The van der Waals surface area contributed by atoms with Gasteiger partial charge >= 0.3 is 18.0 Å². The Hall–Kier alpha value is -3.34.